The molecule has 2 nitrogen and oxygen atoms in total. The lowest BCUT2D eigenvalue weighted by atomic mass is 9.76. The number of aryl methyl sites for hydroxylation is 1. The van der Waals surface area contributed by atoms with Crippen molar-refractivity contribution in [3.05, 3.63) is 72.3 Å². The van der Waals surface area contributed by atoms with Crippen LogP contribution in [0.15, 0.2) is 61.2 Å². The highest BCUT2D eigenvalue weighted by atomic mass is 16.3. The van der Waals surface area contributed by atoms with E-state index in [1.165, 1.54) is 37.7 Å². The molecule has 0 saturated heterocycles. The van der Waals surface area contributed by atoms with Crippen molar-refractivity contribution in [1.29, 1.82) is 0 Å². The normalized spacial score (nSPS) is 17.6. The first-order valence-corrected chi connectivity index (χ1v) is 9.43. The Morgan fingerprint density at radius 1 is 1.04 bits per heavy atom. The lowest BCUT2D eigenvalue weighted by Gasteiger charge is -2.36. The molecule has 1 aliphatic carbocycles. The second-order valence-electron chi connectivity index (χ2n) is 7.21. The molecule has 0 bridgehead atoms. The van der Waals surface area contributed by atoms with Crippen LogP contribution in [0.2, 0.25) is 0 Å². The molecule has 0 heterocycles. The van der Waals surface area contributed by atoms with Gasteiger partial charge in [-0.1, -0.05) is 67.8 Å². The number of hydrogen-bond donors (Lipinski definition) is 2. The molecule has 2 aromatic carbocycles. The molecule has 1 saturated carbocycles. The smallest absolute Gasteiger partial charge is 0.138 e. The van der Waals surface area contributed by atoms with Crippen LogP contribution >= 0.6 is 0 Å². The summed E-state index contributed by atoms with van der Waals surface area (Å²) in [6.07, 6.45) is 8.46. The fourth-order valence-electron chi connectivity index (χ4n) is 4.17. The number of nitrogens with one attached hydrogen (secondary N) is 1. The third-order valence-corrected chi connectivity index (χ3v) is 5.54. The van der Waals surface area contributed by atoms with Gasteiger partial charge in [-0.2, -0.15) is 0 Å². The maximum absolute atomic E-state index is 10.4. The number of benzene rings is 2. The first-order valence-electron chi connectivity index (χ1n) is 9.43. The van der Waals surface area contributed by atoms with Gasteiger partial charge in [0.25, 0.3) is 0 Å². The molecular formula is C23H29NO. The molecule has 2 heteroatoms. The van der Waals surface area contributed by atoms with E-state index in [-0.39, 0.29) is 12.0 Å². The van der Waals surface area contributed by atoms with E-state index in [2.05, 4.69) is 48.3 Å². The quantitative estimate of drug-likeness (QED) is 0.499. The van der Waals surface area contributed by atoms with E-state index < -0.39 is 0 Å². The molecule has 0 aliphatic heterocycles. The summed E-state index contributed by atoms with van der Waals surface area (Å²) in [6, 6.07) is 16.6. The molecule has 1 fully saturated rings. The zero-order valence-corrected chi connectivity index (χ0v) is 15.1. The fraction of sp³-hybridized carbons (Fsp3) is 0.391. The fourth-order valence-corrected chi connectivity index (χ4v) is 4.17. The van der Waals surface area contributed by atoms with Crippen LogP contribution in [0, 0.1) is 12.8 Å². The van der Waals surface area contributed by atoms with Crippen LogP contribution in [-0.2, 0) is 0 Å². The lowest BCUT2D eigenvalue weighted by molar-refractivity contribution is 0.304. The van der Waals surface area contributed by atoms with Gasteiger partial charge in [-0.3, -0.25) is 0 Å². The van der Waals surface area contributed by atoms with Gasteiger partial charge in [0.2, 0.25) is 0 Å². The average molecular weight is 335 g/mol. The van der Waals surface area contributed by atoms with Crippen molar-refractivity contribution in [3.63, 3.8) is 0 Å². The van der Waals surface area contributed by atoms with Gasteiger partial charge in [0.15, 0.2) is 0 Å². The second-order valence-corrected chi connectivity index (χ2v) is 7.21. The minimum atomic E-state index is 0.225. The van der Waals surface area contributed by atoms with Gasteiger partial charge in [-0.15, -0.1) is 6.58 Å². The Labute approximate surface area is 151 Å². The zero-order chi connectivity index (χ0) is 17.6. The van der Waals surface area contributed by atoms with Gasteiger partial charge < -0.3 is 10.4 Å². The van der Waals surface area contributed by atoms with Crippen molar-refractivity contribution in [2.45, 2.75) is 51.0 Å². The highest BCUT2D eigenvalue weighted by molar-refractivity contribution is 5.62. The van der Waals surface area contributed by atoms with Crippen molar-refractivity contribution in [2.75, 3.05) is 5.32 Å². The highest BCUT2D eigenvalue weighted by Gasteiger charge is 2.30. The van der Waals surface area contributed by atoms with E-state index in [0.717, 1.165) is 11.3 Å². The van der Waals surface area contributed by atoms with Crippen LogP contribution in [0.25, 0.3) is 0 Å². The molecule has 132 valence electrons. The molecule has 25 heavy (non-hydrogen) atoms. The average Bonchev–Trinajstić information content (AvgIpc) is 2.65. The monoisotopic (exact) mass is 335 g/mol. The van der Waals surface area contributed by atoms with Crippen LogP contribution in [0.5, 0.6) is 5.75 Å². The number of phenols is 1. The summed E-state index contributed by atoms with van der Waals surface area (Å²) in [6.45, 7) is 6.18. The van der Waals surface area contributed by atoms with Gasteiger partial charge in [-0.05, 0) is 42.9 Å². The van der Waals surface area contributed by atoms with Crippen LogP contribution < -0.4 is 5.32 Å². The van der Waals surface area contributed by atoms with Crippen molar-refractivity contribution >= 4 is 5.69 Å². The van der Waals surface area contributed by atoms with Gasteiger partial charge in [-0.25, -0.2) is 0 Å². The van der Waals surface area contributed by atoms with E-state index in [1.54, 1.807) is 6.07 Å². The van der Waals surface area contributed by atoms with Crippen molar-refractivity contribution in [3.8, 4) is 5.75 Å². The number of anilines is 1. The lowest BCUT2D eigenvalue weighted by Crippen LogP contribution is -2.36. The Balaban J connectivity index is 1.95. The molecule has 0 aromatic heterocycles. The number of para-hydroxylation sites is 1. The predicted molar refractivity (Wildman–Crippen MR) is 106 cm³/mol. The summed E-state index contributed by atoms with van der Waals surface area (Å²) in [4.78, 5) is 0. The summed E-state index contributed by atoms with van der Waals surface area (Å²) in [5.74, 6) is 1.15. The summed E-state index contributed by atoms with van der Waals surface area (Å²) in [5, 5.41) is 14.1. The minimum Gasteiger partial charge on any atom is -0.506 e. The summed E-state index contributed by atoms with van der Waals surface area (Å²) < 4.78 is 0. The Morgan fingerprint density at radius 3 is 2.40 bits per heavy atom. The van der Waals surface area contributed by atoms with Crippen LogP contribution in [-0.4, -0.2) is 11.1 Å². The maximum Gasteiger partial charge on any atom is 0.138 e. The second kappa shape index (κ2) is 8.24. The summed E-state index contributed by atoms with van der Waals surface area (Å²) in [7, 11) is 0. The predicted octanol–water partition coefficient (Wildman–Crippen LogP) is 6.03. The number of rotatable bonds is 6. The van der Waals surface area contributed by atoms with Crippen molar-refractivity contribution in [2.24, 2.45) is 5.92 Å². The third-order valence-electron chi connectivity index (χ3n) is 5.54. The summed E-state index contributed by atoms with van der Waals surface area (Å²) >= 11 is 0. The van der Waals surface area contributed by atoms with Crippen molar-refractivity contribution in [1.82, 2.24) is 0 Å². The maximum atomic E-state index is 10.4. The topological polar surface area (TPSA) is 32.3 Å². The van der Waals surface area contributed by atoms with E-state index in [0.29, 0.717) is 11.7 Å². The Bertz CT molecular complexity index is 668. The standard InChI is InChI=1S/C23H29NO/c1-3-20(18-12-6-4-7-13-18)23(19-14-8-5-9-15-19)24-22-17(2)11-10-16-21(22)25/h3-4,6-7,10-13,16,19-20,23-25H,1,5,8-9,14-15H2,2H3/t20-,23+/m1/s1. The van der Waals surface area contributed by atoms with E-state index in [1.807, 2.05) is 19.1 Å². The molecule has 0 amide bonds. The Hall–Kier alpha value is -2.22. The number of hydrogen-bond acceptors (Lipinski definition) is 2. The van der Waals surface area contributed by atoms with Crippen LogP contribution in [0.1, 0.15) is 49.1 Å². The Morgan fingerprint density at radius 2 is 1.76 bits per heavy atom. The van der Waals surface area contributed by atoms with E-state index in [9.17, 15) is 5.11 Å². The largest absolute Gasteiger partial charge is 0.506 e. The molecular weight excluding hydrogens is 306 g/mol. The van der Waals surface area contributed by atoms with Gasteiger partial charge in [0.1, 0.15) is 5.75 Å². The van der Waals surface area contributed by atoms with Crippen molar-refractivity contribution < 1.29 is 5.11 Å². The molecule has 0 radical (unpaired) electrons. The molecule has 0 spiro atoms. The first kappa shape index (κ1) is 17.6. The molecule has 3 rings (SSSR count). The van der Waals surface area contributed by atoms with Gasteiger partial charge in [0.05, 0.1) is 5.69 Å². The minimum absolute atomic E-state index is 0.225. The van der Waals surface area contributed by atoms with Gasteiger partial charge >= 0.3 is 0 Å². The number of aromatic hydroxyl groups is 1. The number of phenolic OH excluding ortho intramolecular Hbond substituents is 1. The van der Waals surface area contributed by atoms with E-state index in [4.69, 9.17) is 0 Å². The third kappa shape index (κ3) is 4.07. The van der Waals surface area contributed by atoms with Crippen LogP contribution in [0.3, 0.4) is 0 Å². The molecule has 0 unspecified atom stereocenters. The molecule has 2 aromatic rings. The SMILES string of the molecule is C=C[C@H](c1ccccc1)[C@@H](Nc1c(C)cccc1O)C1CCCCC1. The van der Waals surface area contributed by atoms with Gasteiger partial charge in [0, 0.05) is 12.0 Å². The van der Waals surface area contributed by atoms with E-state index >= 15 is 0 Å². The zero-order valence-electron chi connectivity index (χ0n) is 15.1. The molecule has 2 N–H and O–H groups in total. The first-order chi connectivity index (χ1) is 12.2. The summed E-state index contributed by atoms with van der Waals surface area (Å²) in [5.41, 5.74) is 3.23. The highest BCUT2D eigenvalue weighted by Crippen LogP contribution is 2.38. The molecule has 2 atom stereocenters. The van der Waals surface area contributed by atoms with Crippen LogP contribution in [0.4, 0.5) is 5.69 Å². The Kier molecular flexibility index (Phi) is 5.80. The molecule has 1 aliphatic rings.